The van der Waals surface area contributed by atoms with E-state index in [1.807, 2.05) is 0 Å². The van der Waals surface area contributed by atoms with Crippen molar-refractivity contribution < 1.29 is 31.1 Å². The quantitative estimate of drug-likeness (QED) is 0.730. The molecule has 1 heterocycles. The number of halogens is 7. The Morgan fingerprint density at radius 2 is 1.90 bits per heavy atom. The van der Waals surface area contributed by atoms with E-state index in [1.165, 1.54) is 18.3 Å². The highest BCUT2D eigenvalue weighted by Gasteiger charge is 2.59. The van der Waals surface area contributed by atoms with Crippen molar-refractivity contribution in [2.45, 2.75) is 18.5 Å². The van der Waals surface area contributed by atoms with Gasteiger partial charge < -0.3 is 4.74 Å². The summed E-state index contributed by atoms with van der Waals surface area (Å²) in [6.07, 6.45) is -14.0. The van der Waals surface area contributed by atoms with Crippen LogP contribution in [0.15, 0.2) is 28.9 Å². The van der Waals surface area contributed by atoms with Crippen LogP contribution in [-0.2, 0) is 0 Å². The van der Waals surface area contributed by atoms with Crippen LogP contribution in [0.4, 0.5) is 26.3 Å². The third kappa shape index (κ3) is 3.39. The van der Waals surface area contributed by atoms with Crippen LogP contribution in [0.3, 0.4) is 0 Å². The van der Waals surface area contributed by atoms with Crippen LogP contribution < -0.4 is 4.74 Å². The van der Waals surface area contributed by atoms with Gasteiger partial charge in [-0.2, -0.15) is 22.0 Å². The number of hydrogen-bond donors (Lipinski definition) is 0. The zero-order valence-electron chi connectivity index (χ0n) is 9.89. The van der Waals surface area contributed by atoms with Crippen molar-refractivity contribution in [1.29, 1.82) is 0 Å². The van der Waals surface area contributed by atoms with Crippen LogP contribution >= 0.6 is 15.9 Å². The summed E-state index contributed by atoms with van der Waals surface area (Å²) in [5.74, 6) is -0.687. The Morgan fingerprint density at radius 3 is 2.52 bits per heavy atom. The molecule has 2 rings (SSSR count). The lowest BCUT2D eigenvalue weighted by atomic mass is 10.2. The third-order valence-electron chi connectivity index (χ3n) is 2.38. The van der Waals surface area contributed by atoms with Gasteiger partial charge in [-0.25, -0.2) is 4.39 Å². The zero-order valence-corrected chi connectivity index (χ0v) is 11.5. The number of aromatic nitrogens is 1. The van der Waals surface area contributed by atoms with E-state index in [9.17, 15) is 26.3 Å². The molecule has 2 aromatic rings. The topological polar surface area (TPSA) is 22.1 Å². The van der Waals surface area contributed by atoms with Gasteiger partial charge in [-0.15, -0.1) is 0 Å². The second-order valence-electron chi connectivity index (χ2n) is 3.95. The Bertz CT molecular complexity index is 660. The molecule has 0 aliphatic carbocycles. The van der Waals surface area contributed by atoms with E-state index in [2.05, 4.69) is 31.7 Å². The van der Waals surface area contributed by atoms with E-state index in [-0.39, 0.29) is 15.4 Å². The molecule has 0 amide bonds. The third-order valence-corrected chi connectivity index (χ3v) is 2.81. The molecule has 0 saturated heterocycles. The number of alkyl halides is 6. The first kappa shape index (κ1) is 15.9. The molecular weight excluding hydrogens is 368 g/mol. The number of ether oxygens (including phenoxy) is 1. The standard InChI is InChI=1S/C12H5BrF6NO/c13-7-4-6-2-1-3-20-9(6)8(5-7)21-12(18,19)10(14)11(15,16)17/h1-3,5,10H. The summed E-state index contributed by atoms with van der Waals surface area (Å²) in [5.41, 5.74) is -0.158. The van der Waals surface area contributed by atoms with Gasteiger partial charge >= 0.3 is 12.3 Å². The molecule has 0 fully saturated rings. The molecule has 113 valence electrons. The van der Waals surface area contributed by atoms with Crippen molar-refractivity contribution in [3.63, 3.8) is 0 Å². The molecule has 1 aromatic carbocycles. The van der Waals surface area contributed by atoms with Crippen molar-refractivity contribution in [2.75, 3.05) is 0 Å². The second kappa shape index (κ2) is 5.36. The molecule has 1 unspecified atom stereocenters. The number of pyridine rings is 1. The predicted octanol–water partition coefficient (Wildman–Crippen LogP) is 4.67. The molecule has 9 heteroatoms. The average Bonchev–Trinajstić information content (AvgIpc) is 2.36. The van der Waals surface area contributed by atoms with Crippen molar-refractivity contribution in [3.8, 4) is 5.75 Å². The second-order valence-corrected chi connectivity index (χ2v) is 4.80. The average molecular weight is 373 g/mol. The van der Waals surface area contributed by atoms with Crippen LogP contribution in [0, 0.1) is 6.07 Å². The van der Waals surface area contributed by atoms with E-state index in [4.69, 9.17) is 0 Å². The Hall–Kier alpha value is -1.51. The highest BCUT2D eigenvalue weighted by Crippen LogP contribution is 2.38. The van der Waals surface area contributed by atoms with Crippen LogP contribution in [-0.4, -0.2) is 23.4 Å². The van der Waals surface area contributed by atoms with Gasteiger partial charge in [0.1, 0.15) is 5.52 Å². The van der Waals surface area contributed by atoms with E-state index in [0.29, 0.717) is 0 Å². The summed E-state index contributed by atoms with van der Waals surface area (Å²) < 4.78 is 79.7. The normalized spacial score (nSPS) is 14.2. The zero-order chi connectivity index (χ0) is 15.8. The Balaban J connectivity index is 2.44. The van der Waals surface area contributed by atoms with E-state index < -0.39 is 24.2 Å². The Kier molecular flexibility index (Phi) is 4.05. The van der Waals surface area contributed by atoms with Gasteiger partial charge in [-0.05, 0) is 28.1 Å². The molecule has 1 radical (unpaired) electrons. The maximum absolute atomic E-state index is 13.3. The summed E-state index contributed by atoms with van der Waals surface area (Å²) in [6.45, 7) is 0. The largest absolute Gasteiger partial charge is 0.439 e. The van der Waals surface area contributed by atoms with Crippen molar-refractivity contribution >= 4 is 26.8 Å². The van der Waals surface area contributed by atoms with Crippen molar-refractivity contribution in [3.05, 3.63) is 34.9 Å². The first-order chi connectivity index (χ1) is 9.61. The van der Waals surface area contributed by atoms with Crippen LogP contribution in [0.2, 0.25) is 0 Å². The summed E-state index contributed by atoms with van der Waals surface area (Å²) in [6, 6.07) is 6.54. The molecule has 0 spiro atoms. The molecule has 0 bridgehead atoms. The van der Waals surface area contributed by atoms with Gasteiger partial charge in [0.2, 0.25) is 0 Å². The van der Waals surface area contributed by atoms with E-state index >= 15 is 0 Å². The van der Waals surface area contributed by atoms with Gasteiger partial charge in [0, 0.05) is 22.1 Å². The highest BCUT2D eigenvalue weighted by molar-refractivity contribution is 9.10. The minimum absolute atomic E-state index is 0.149. The maximum atomic E-state index is 13.3. The molecular formula is C12H5BrF6NO. The van der Waals surface area contributed by atoms with Gasteiger partial charge in [0.05, 0.1) is 0 Å². The lowest BCUT2D eigenvalue weighted by Crippen LogP contribution is -2.45. The number of benzene rings is 1. The number of rotatable bonds is 3. The summed E-state index contributed by atoms with van der Waals surface area (Å²) >= 11 is 2.94. The molecule has 21 heavy (non-hydrogen) atoms. The lowest BCUT2D eigenvalue weighted by molar-refractivity contribution is -0.304. The molecule has 2 nitrogen and oxygen atoms in total. The summed E-state index contributed by atoms with van der Waals surface area (Å²) in [5, 5.41) is 0.222. The van der Waals surface area contributed by atoms with Crippen LogP contribution in [0.25, 0.3) is 10.9 Å². The molecule has 0 aliphatic heterocycles. The smallest absolute Gasteiger partial charge is 0.428 e. The fraction of sp³-hybridized carbons (Fsp3) is 0.250. The van der Waals surface area contributed by atoms with Crippen LogP contribution in [0.1, 0.15) is 0 Å². The monoisotopic (exact) mass is 372 g/mol. The first-order valence-electron chi connectivity index (χ1n) is 5.35. The number of fused-ring (bicyclic) bond motifs is 1. The molecule has 0 saturated carbocycles. The first-order valence-corrected chi connectivity index (χ1v) is 6.15. The van der Waals surface area contributed by atoms with Gasteiger partial charge in [0.15, 0.2) is 5.75 Å². The van der Waals surface area contributed by atoms with Crippen LogP contribution in [0.5, 0.6) is 5.75 Å². The van der Waals surface area contributed by atoms with Gasteiger partial charge in [-0.3, -0.25) is 4.98 Å². The summed E-state index contributed by atoms with van der Waals surface area (Å²) in [4.78, 5) is 3.71. The molecule has 1 aromatic heterocycles. The Morgan fingerprint density at radius 1 is 1.24 bits per heavy atom. The molecule has 1 atom stereocenters. The van der Waals surface area contributed by atoms with E-state index in [1.54, 1.807) is 0 Å². The maximum Gasteiger partial charge on any atom is 0.439 e. The lowest BCUT2D eigenvalue weighted by Gasteiger charge is -2.23. The SMILES string of the molecule is FC(C(F)(F)F)C(F)(F)Oc1cc(Br)[c]c2cccnc12. The highest BCUT2D eigenvalue weighted by atomic mass is 79.9. The Labute approximate surface area is 122 Å². The number of nitrogens with zero attached hydrogens (tertiary/aromatic N) is 1. The van der Waals surface area contributed by atoms with Gasteiger partial charge in [0.25, 0.3) is 6.17 Å². The van der Waals surface area contributed by atoms with E-state index in [0.717, 1.165) is 6.07 Å². The van der Waals surface area contributed by atoms with Gasteiger partial charge in [-0.1, -0.05) is 6.07 Å². The molecule has 0 aliphatic rings. The molecule has 0 N–H and O–H groups in total. The minimum Gasteiger partial charge on any atom is -0.428 e. The summed E-state index contributed by atoms with van der Waals surface area (Å²) in [7, 11) is 0. The van der Waals surface area contributed by atoms with Crippen molar-refractivity contribution in [1.82, 2.24) is 4.98 Å². The fourth-order valence-corrected chi connectivity index (χ4v) is 1.94. The van der Waals surface area contributed by atoms with Crippen molar-refractivity contribution in [2.24, 2.45) is 0 Å². The number of hydrogen-bond acceptors (Lipinski definition) is 2. The predicted molar refractivity (Wildman–Crippen MR) is 64.8 cm³/mol. The minimum atomic E-state index is -5.75. The fourth-order valence-electron chi connectivity index (χ4n) is 1.52.